The van der Waals surface area contributed by atoms with E-state index < -0.39 is 24.0 Å². The third-order valence-electron chi connectivity index (χ3n) is 4.32. The number of rotatable bonds is 12. The van der Waals surface area contributed by atoms with Gasteiger partial charge >= 0.3 is 11.9 Å². The number of carbonyl (C=O) groups excluding carboxylic acids is 3. The minimum absolute atomic E-state index is 0.00709. The fraction of sp³-hybridized carbons (Fsp3) is 0.348. The second-order valence-electron chi connectivity index (χ2n) is 7.27. The van der Waals surface area contributed by atoms with Crippen LogP contribution in [0, 0.1) is 0 Å². The summed E-state index contributed by atoms with van der Waals surface area (Å²) in [6.07, 6.45) is -0.511. The fourth-order valence-corrected chi connectivity index (χ4v) is 2.67. The Hall–Kier alpha value is -3.27. The van der Waals surface area contributed by atoms with E-state index >= 15 is 0 Å². The Bertz CT molecular complexity index is 922. The molecule has 0 amide bonds. The number of aromatic hydroxyl groups is 1. The molecule has 0 fully saturated rings. The lowest BCUT2D eigenvalue weighted by Crippen LogP contribution is -2.32. The molecular formula is C23H26O9. The molecule has 0 radical (unpaired) electrons. The van der Waals surface area contributed by atoms with Crippen LogP contribution < -0.4 is 4.74 Å². The molecule has 2 aromatic carbocycles. The molecular weight excluding hydrogens is 420 g/mol. The summed E-state index contributed by atoms with van der Waals surface area (Å²) in [7, 11) is 0. The van der Waals surface area contributed by atoms with Gasteiger partial charge in [0.15, 0.2) is 5.78 Å². The first-order valence-electron chi connectivity index (χ1n) is 9.92. The summed E-state index contributed by atoms with van der Waals surface area (Å²) in [6.45, 7) is 1.16. The molecule has 0 saturated carbocycles. The number of esters is 2. The van der Waals surface area contributed by atoms with Crippen molar-refractivity contribution in [3.63, 3.8) is 0 Å². The molecule has 0 bridgehead atoms. The molecule has 0 aromatic heterocycles. The summed E-state index contributed by atoms with van der Waals surface area (Å²) >= 11 is 0. The Kier molecular flexibility index (Phi) is 9.33. The minimum Gasteiger partial charge on any atom is -0.507 e. The van der Waals surface area contributed by atoms with E-state index in [4.69, 9.17) is 19.3 Å². The van der Waals surface area contributed by atoms with Crippen LogP contribution in [0.1, 0.15) is 35.7 Å². The van der Waals surface area contributed by atoms with E-state index in [0.29, 0.717) is 5.56 Å². The largest absolute Gasteiger partial charge is 0.507 e. The van der Waals surface area contributed by atoms with Gasteiger partial charge in [-0.3, -0.25) is 14.4 Å². The van der Waals surface area contributed by atoms with Crippen molar-refractivity contribution < 1.29 is 43.9 Å². The van der Waals surface area contributed by atoms with Crippen molar-refractivity contribution in [2.45, 2.75) is 25.4 Å². The highest BCUT2D eigenvalue weighted by Gasteiger charge is 2.20. The van der Waals surface area contributed by atoms with Gasteiger partial charge in [0.2, 0.25) is 0 Å². The first-order chi connectivity index (χ1) is 15.2. The summed E-state index contributed by atoms with van der Waals surface area (Å²) in [5, 5.41) is 28.8. The van der Waals surface area contributed by atoms with E-state index in [1.807, 2.05) is 0 Å². The Balaban J connectivity index is 1.77. The maximum Gasteiger partial charge on any atom is 0.322 e. The summed E-state index contributed by atoms with van der Waals surface area (Å²) < 4.78 is 15.0. The number of benzene rings is 2. The number of phenols is 1. The van der Waals surface area contributed by atoms with Gasteiger partial charge in [0.1, 0.15) is 24.5 Å². The smallest absolute Gasteiger partial charge is 0.322 e. The topological polar surface area (TPSA) is 140 Å². The van der Waals surface area contributed by atoms with Crippen molar-refractivity contribution in [3.8, 4) is 11.5 Å². The lowest BCUT2D eigenvalue weighted by Gasteiger charge is -2.21. The van der Waals surface area contributed by atoms with Crippen LogP contribution in [-0.4, -0.2) is 65.1 Å². The third-order valence-corrected chi connectivity index (χ3v) is 4.32. The molecule has 0 aliphatic carbocycles. The molecule has 0 aliphatic heterocycles. The maximum absolute atomic E-state index is 12.4. The number of ether oxygens (including phenoxy) is 3. The van der Waals surface area contributed by atoms with E-state index in [0.717, 1.165) is 6.07 Å². The molecule has 0 saturated heterocycles. The van der Waals surface area contributed by atoms with Crippen LogP contribution in [0.15, 0.2) is 48.5 Å². The molecule has 0 heterocycles. The highest BCUT2D eigenvalue weighted by molar-refractivity contribution is 6.10. The number of phenolic OH excluding ortho intramolecular Hbond substituents is 1. The van der Waals surface area contributed by atoms with E-state index in [-0.39, 0.29) is 55.7 Å². The van der Waals surface area contributed by atoms with Crippen LogP contribution in [0.4, 0.5) is 0 Å². The Morgan fingerprint density at radius 2 is 1.72 bits per heavy atom. The first-order valence-corrected chi connectivity index (χ1v) is 9.92. The quantitative estimate of drug-likeness (QED) is 0.146. The first kappa shape index (κ1) is 25.0. The van der Waals surface area contributed by atoms with Crippen LogP contribution in [0.5, 0.6) is 11.5 Å². The van der Waals surface area contributed by atoms with Gasteiger partial charge in [0.25, 0.3) is 0 Å². The summed E-state index contributed by atoms with van der Waals surface area (Å²) in [4.78, 5) is 36.0. The van der Waals surface area contributed by atoms with Gasteiger partial charge in [-0.2, -0.15) is 0 Å². The molecule has 9 heteroatoms. The SMILES string of the molecule is CC(O)(CCO)COCCOC(=O)CC(=O)Oc1ccc(C(=O)c2ccccc2)c(O)c1. The van der Waals surface area contributed by atoms with Crippen LogP contribution >= 0.6 is 0 Å². The van der Waals surface area contributed by atoms with Crippen LogP contribution in [0.25, 0.3) is 0 Å². The Morgan fingerprint density at radius 3 is 2.38 bits per heavy atom. The number of hydrogen-bond acceptors (Lipinski definition) is 9. The zero-order valence-electron chi connectivity index (χ0n) is 17.7. The number of aliphatic hydroxyl groups excluding tert-OH is 1. The van der Waals surface area contributed by atoms with Gasteiger partial charge in [-0.05, 0) is 19.1 Å². The van der Waals surface area contributed by atoms with E-state index in [1.165, 1.54) is 19.1 Å². The van der Waals surface area contributed by atoms with Crippen LogP contribution in [-0.2, 0) is 19.1 Å². The van der Waals surface area contributed by atoms with Gasteiger partial charge in [0, 0.05) is 24.7 Å². The average Bonchev–Trinajstić information content (AvgIpc) is 2.73. The Morgan fingerprint density at radius 1 is 1.00 bits per heavy atom. The van der Waals surface area contributed by atoms with Crippen molar-refractivity contribution in [1.29, 1.82) is 0 Å². The van der Waals surface area contributed by atoms with E-state index in [9.17, 15) is 24.6 Å². The standard InChI is InChI=1S/C23H26O9/c1-23(29,9-10-24)15-30-11-12-31-20(26)14-21(27)32-17-7-8-18(19(25)13-17)22(28)16-5-3-2-4-6-16/h2-8,13,24-25,29H,9-12,14-15H2,1H3. The van der Waals surface area contributed by atoms with Gasteiger partial charge < -0.3 is 29.5 Å². The highest BCUT2D eigenvalue weighted by atomic mass is 16.6. The van der Waals surface area contributed by atoms with Crippen molar-refractivity contribution in [2.24, 2.45) is 0 Å². The monoisotopic (exact) mass is 446 g/mol. The van der Waals surface area contributed by atoms with Gasteiger partial charge in [-0.25, -0.2) is 0 Å². The van der Waals surface area contributed by atoms with Gasteiger partial charge in [0.05, 0.1) is 24.4 Å². The number of ketones is 1. The normalized spacial score (nSPS) is 12.6. The molecule has 0 spiro atoms. The van der Waals surface area contributed by atoms with Crippen LogP contribution in [0.3, 0.4) is 0 Å². The molecule has 9 nitrogen and oxygen atoms in total. The van der Waals surface area contributed by atoms with E-state index in [2.05, 4.69) is 0 Å². The highest BCUT2D eigenvalue weighted by Crippen LogP contribution is 2.26. The molecule has 3 N–H and O–H groups in total. The zero-order chi connectivity index (χ0) is 23.6. The van der Waals surface area contributed by atoms with Crippen LogP contribution in [0.2, 0.25) is 0 Å². The average molecular weight is 446 g/mol. The summed E-state index contributed by atoms with van der Waals surface area (Å²) in [5.74, 6) is -2.51. The van der Waals surface area contributed by atoms with Crippen molar-refractivity contribution >= 4 is 17.7 Å². The molecule has 0 aliphatic rings. The minimum atomic E-state index is -1.19. The van der Waals surface area contributed by atoms with E-state index in [1.54, 1.807) is 30.3 Å². The number of hydrogen-bond donors (Lipinski definition) is 3. The molecule has 1 unspecified atom stereocenters. The fourth-order valence-electron chi connectivity index (χ4n) is 2.67. The lowest BCUT2D eigenvalue weighted by atomic mass is 10.0. The van der Waals surface area contributed by atoms with Crippen molar-refractivity contribution in [3.05, 3.63) is 59.7 Å². The molecule has 1 atom stereocenters. The number of aliphatic hydroxyl groups is 2. The lowest BCUT2D eigenvalue weighted by molar-refractivity contribution is -0.151. The molecule has 2 rings (SSSR count). The van der Waals surface area contributed by atoms with Crippen molar-refractivity contribution in [1.82, 2.24) is 0 Å². The van der Waals surface area contributed by atoms with Gasteiger partial charge in [-0.1, -0.05) is 30.3 Å². The summed E-state index contributed by atoms with van der Waals surface area (Å²) in [6, 6.07) is 12.2. The third kappa shape index (κ3) is 8.10. The molecule has 2 aromatic rings. The Labute approximate surface area is 185 Å². The maximum atomic E-state index is 12.4. The van der Waals surface area contributed by atoms with Crippen molar-refractivity contribution in [2.75, 3.05) is 26.4 Å². The zero-order valence-corrected chi connectivity index (χ0v) is 17.7. The second kappa shape index (κ2) is 11.9. The second-order valence-corrected chi connectivity index (χ2v) is 7.27. The molecule has 172 valence electrons. The number of carbonyl (C=O) groups is 3. The predicted molar refractivity (Wildman–Crippen MR) is 112 cm³/mol. The summed E-state index contributed by atoms with van der Waals surface area (Å²) in [5.41, 5.74) is -0.736. The molecule has 32 heavy (non-hydrogen) atoms. The van der Waals surface area contributed by atoms with Gasteiger partial charge in [-0.15, -0.1) is 0 Å². The predicted octanol–water partition coefficient (Wildman–Crippen LogP) is 1.61.